The fourth-order valence-electron chi connectivity index (χ4n) is 2.64. The van der Waals surface area contributed by atoms with E-state index in [-0.39, 0.29) is 6.61 Å². The molecule has 2 rings (SSSR count). The number of piperazine rings is 1. The van der Waals surface area contributed by atoms with Gasteiger partial charge in [-0.1, -0.05) is 28.7 Å². The fraction of sp³-hybridized carbons (Fsp3) is 0.714. The number of methoxy groups -OCH3 is 1. The molecule has 0 aromatic rings. The van der Waals surface area contributed by atoms with Gasteiger partial charge in [-0.2, -0.15) is 0 Å². The van der Waals surface area contributed by atoms with Gasteiger partial charge >= 0.3 is 0 Å². The number of ether oxygens (including phenoxy) is 1. The number of rotatable bonds is 5. The molecule has 1 fully saturated rings. The van der Waals surface area contributed by atoms with Gasteiger partial charge in [0.2, 0.25) is 0 Å². The van der Waals surface area contributed by atoms with Crippen molar-refractivity contribution in [2.75, 3.05) is 46.4 Å². The Kier molecular flexibility index (Phi) is 6.12. The summed E-state index contributed by atoms with van der Waals surface area (Å²) in [6, 6.07) is 0. The average molecular weight is 378 g/mol. The van der Waals surface area contributed by atoms with Crippen molar-refractivity contribution < 1.29 is 9.84 Å². The summed E-state index contributed by atoms with van der Waals surface area (Å²) in [5, 5.41) is 8.97. The summed E-state index contributed by atoms with van der Waals surface area (Å²) >= 11 is 2.52. The third-order valence-electron chi connectivity index (χ3n) is 3.77. The number of alkyl halides is 1. The highest BCUT2D eigenvalue weighted by atomic mass is 127. The van der Waals surface area contributed by atoms with Crippen molar-refractivity contribution in [2.24, 2.45) is 0 Å². The Hall–Kier alpha value is -0.110. The number of aliphatic hydroxyl groups excluding tert-OH is 1. The molecule has 0 spiro atoms. The van der Waals surface area contributed by atoms with Crippen molar-refractivity contribution in [1.82, 2.24) is 9.80 Å². The predicted octanol–water partition coefficient (Wildman–Crippen LogP) is 1.61. The lowest BCUT2D eigenvalue weighted by Gasteiger charge is -2.38. The zero-order chi connectivity index (χ0) is 13.7. The van der Waals surface area contributed by atoms with Gasteiger partial charge in [-0.3, -0.25) is 9.80 Å². The highest BCUT2D eigenvalue weighted by Gasteiger charge is 2.26. The van der Waals surface area contributed by atoms with Crippen molar-refractivity contribution in [1.29, 1.82) is 0 Å². The van der Waals surface area contributed by atoms with E-state index in [1.54, 1.807) is 7.11 Å². The highest BCUT2D eigenvalue weighted by Crippen LogP contribution is 2.29. The molecule has 0 radical (unpaired) electrons. The molecule has 1 heterocycles. The van der Waals surface area contributed by atoms with Gasteiger partial charge < -0.3 is 9.84 Å². The Morgan fingerprint density at radius 3 is 2.58 bits per heavy atom. The molecule has 0 amide bonds. The van der Waals surface area contributed by atoms with Crippen molar-refractivity contribution in [3.63, 3.8) is 0 Å². The van der Waals surface area contributed by atoms with E-state index in [4.69, 9.17) is 9.84 Å². The van der Waals surface area contributed by atoms with Crippen molar-refractivity contribution in [3.8, 4) is 0 Å². The summed E-state index contributed by atoms with van der Waals surface area (Å²) < 4.78 is 5.88. The van der Waals surface area contributed by atoms with Gasteiger partial charge in [-0.25, -0.2) is 0 Å². The van der Waals surface area contributed by atoms with Gasteiger partial charge in [0.05, 0.1) is 17.8 Å². The largest absolute Gasteiger partial charge is 0.497 e. The van der Waals surface area contributed by atoms with E-state index in [0.717, 1.165) is 51.3 Å². The van der Waals surface area contributed by atoms with E-state index in [9.17, 15) is 0 Å². The highest BCUT2D eigenvalue weighted by molar-refractivity contribution is 14.1. The molecule has 1 saturated heterocycles. The van der Waals surface area contributed by atoms with Crippen LogP contribution in [0, 0.1) is 0 Å². The molecule has 4 nitrogen and oxygen atoms in total. The van der Waals surface area contributed by atoms with E-state index in [1.807, 2.05) is 0 Å². The van der Waals surface area contributed by atoms with E-state index >= 15 is 0 Å². The number of aliphatic hydroxyl groups is 1. The van der Waals surface area contributed by atoms with Crippen LogP contribution in [-0.2, 0) is 4.74 Å². The molecule has 1 N–H and O–H groups in total. The van der Waals surface area contributed by atoms with Gasteiger partial charge in [-0.15, -0.1) is 0 Å². The first-order valence-corrected chi connectivity index (χ1v) is 8.16. The van der Waals surface area contributed by atoms with E-state index in [0.29, 0.717) is 4.05 Å². The minimum Gasteiger partial charge on any atom is -0.497 e. The molecular weight excluding hydrogens is 355 g/mol. The topological polar surface area (TPSA) is 35.9 Å². The van der Waals surface area contributed by atoms with Crippen LogP contribution in [0.4, 0.5) is 0 Å². The van der Waals surface area contributed by atoms with Crippen LogP contribution in [-0.4, -0.2) is 65.4 Å². The summed E-state index contributed by atoms with van der Waals surface area (Å²) in [7, 11) is 1.76. The summed E-state index contributed by atoms with van der Waals surface area (Å²) in [6.45, 7) is 5.25. The molecule has 0 aromatic carbocycles. The summed E-state index contributed by atoms with van der Waals surface area (Å²) in [6.07, 6.45) is 6.71. The van der Waals surface area contributed by atoms with Crippen LogP contribution >= 0.6 is 22.6 Å². The lowest BCUT2D eigenvalue weighted by Crippen LogP contribution is -2.49. The van der Waals surface area contributed by atoms with Gasteiger partial charge in [0, 0.05) is 38.3 Å². The second-order valence-corrected chi connectivity index (χ2v) is 6.13. The van der Waals surface area contributed by atoms with Gasteiger partial charge in [0.1, 0.15) is 5.76 Å². The number of β-amino-alcohol motifs (C(OH)–C–C–N with tert-alkyl or cyclic N) is 1. The summed E-state index contributed by atoms with van der Waals surface area (Å²) in [4.78, 5) is 4.82. The molecule has 1 atom stereocenters. The fourth-order valence-corrected chi connectivity index (χ4v) is 3.76. The summed E-state index contributed by atoms with van der Waals surface area (Å²) in [5.74, 6) is 1.04. The maximum absolute atomic E-state index is 8.97. The van der Waals surface area contributed by atoms with Crippen LogP contribution in [0.3, 0.4) is 0 Å². The number of hydrogen-bond donors (Lipinski definition) is 1. The van der Waals surface area contributed by atoms with Crippen molar-refractivity contribution >= 4 is 22.6 Å². The molecule has 0 aromatic heterocycles. The van der Waals surface area contributed by atoms with E-state index < -0.39 is 0 Å². The average Bonchev–Trinajstić information content (AvgIpc) is 2.47. The van der Waals surface area contributed by atoms with Gasteiger partial charge in [0.25, 0.3) is 0 Å². The zero-order valence-electron chi connectivity index (χ0n) is 11.5. The van der Waals surface area contributed by atoms with Crippen LogP contribution in [0.25, 0.3) is 0 Å². The van der Waals surface area contributed by atoms with Gasteiger partial charge in [0.15, 0.2) is 0 Å². The number of nitrogens with zero attached hydrogens (tertiary/aromatic N) is 2. The molecule has 1 aliphatic heterocycles. The third kappa shape index (κ3) is 3.93. The van der Waals surface area contributed by atoms with Crippen LogP contribution in [0.1, 0.15) is 12.8 Å². The molecule has 2 aliphatic rings. The van der Waals surface area contributed by atoms with Crippen molar-refractivity contribution in [3.05, 3.63) is 23.5 Å². The first-order chi connectivity index (χ1) is 9.26. The van der Waals surface area contributed by atoms with Crippen LogP contribution in [0.15, 0.2) is 23.5 Å². The standard InChI is InChI=1S/C14H23IN2O2/c1-19-13-5-3-2-4-12(13)14(15)17-8-6-16(7-9-17)10-11-18/h4-5,14,18H,2-3,6-11H2,1H3. The predicted molar refractivity (Wildman–Crippen MR) is 85.3 cm³/mol. The second-order valence-electron chi connectivity index (χ2n) is 4.95. The Morgan fingerprint density at radius 1 is 1.26 bits per heavy atom. The molecule has 1 aliphatic carbocycles. The number of hydrogen-bond acceptors (Lipinski definition) is 4. The van der Waals surface area contributed by atoms with Crippen LogP contribution < -0.4 is 0 Å². The Labute approximate surface area is 129 Å². The van der Waals surface area contributed by atoms with Crippen LogP contribution in [0.5, 0.6) is 0 Å². The second kappa shape index (κ2) is 7.61. The molecule has 0 saturated carbocycles. The SMILES string of the molecule is COC1=CCCC=C1C(I)N1CCN(CCO)CC1. The Bertz CT molecular complexity index is 349. The maximum Gasteiger partial charge on any atom is 0.120 e. The van der Waals surface area contributed by atoms with Crippen LogP contribution in [0.2, 0.25) is 0 Å². The molecule has 5 heteroatoms. The quantitative estimate of drug-likeness (QED) is 0.448. The van der Waals surface area contributed by atoms with E-state index in [2.05, 4.69) is 44.5 Å². The third-order valence-corrected chi connectivity index (χ3v) is 5.22. The van der Waals surface area contributed by atoms with Crippen molar-refractivity contribution in [2.45, 2.75) is 16.9 Å². The molecular formula is C14H23IN2O2. The van der Waals surface area contributed by atoms with E-state index in [1.165, 1.54) is 5.57 Å². The minimum atomic E-state index is 0.259. The maximum atomic E-state index is 8.97. The first kappa shape index (κ1) is 15.3. The summed E-state index contributed by atoms with van der Waals surface area (Å²) in [5.41, 5.74) is 1.32. The lowest BCUT2D eigenvalue weighted by atomic mass is 10.0. The Morgan fingerprint density at radius 2 is 1.95 bits per heavy atom. The monoisotopic (exact) mass is 378 g/mol. The minimum absolute atomic E-state index is 0.259. The smallest absolute Gasteiger partial charge is 0.120 e. The molecule has 1 unspecified atom stereocenters. The molecule has 108 valence electrons. The zero-order valence-corrected chi connectivity index (χ0v) is 13.7. The lowest BCUT2D eigenvalue weighted by molar-refractivity contribution is 0.114. The molecule has 19 heavy (non-hydrogen) atoms. The van der Waals surface area contributed by atoms with Gasteiger partial charge in [-0.05, 0) is 18.9 Å². The normalized spacial score (nSPS) is 23.7. The Balaban J connectivity index is 1.92. The number of allylic oxidation sites excluding steroid dienone is 2. The number of halogens is 1. The first-order valence-electron chi connectivity index (χ1n) is 6.92. The molecule has 0 bridgehead atoms.